The van der Waals surface area contributed by atoms with Gasteiger partial charge in [0.2, 0.25) is 5.96 Å². The fraction of sp³-hybridized carbons (Fsp3) is 0.385. The molecule has 1 fully saturated rings. The lowest BCUT2D eigenvalue weighted by molar-refractivity contribution is 0.577. The summed E-state index contributed by atoms with van der Waals surface area (Å²) in [7, 11) is 0. The second-order valence-electron chi connectivity index (χ2n) is 4.52. The van der Waals surface area contributed by atoms with Crippen molar-refractivity contribution >= 4 is 33.8 Å². The molecule has 102 valence electrons. The Morgan fingerprint density at radius 3 is 2.63 bits per heavy atom. The van der Waals surface area contributed by atoms with E-state index in [1.165, 1.54) is 24.9 Å². The van der Waals surface area contributed by atoms with Crippen molar-refractivity contribution in [1.82, 2.24) is 0 Å². The van der Waals surface area contributed by atoms with Gasteiger partial charge in [-0.25, -0.2) is 0 Å². The summed E-state index contributed by atoms with van der Waals surface area (Å²) < 4.78 is 1.01. The highest BCUT2D eigenvalue weighted by molar-refractivity contribution is 9.10. The van der Waals surface area contributed by atoms with Gasteiger partial charge in [0.25, 0.3) is 0 Å². The Morgan fingerprint density at radius 1 is 1.21 bits per heavy atom. The largest absolute Gasteiger partial charge is 0.371 e. The lowest BCUT2D eigenvalue weighted by atomic mass is 10.1. The number of piperidine rings is 1. The maximum atomic E-state index is 5.26. The van der Waals surface area contributed by atoms with Crippen LogP contribution in [-0.4, -0.2) is 25.3 Å². The van der Waals surface area contributed by atoms with Gasteiger partial charge in [0.1, 0.15) is 0 Å². The molecular weight excluding hydrogens is 306 g/mol. The average Bonchev–Trinajstić information content (AvgIpc) is 2.39. The van der Waals surface area contributed by atoms with Crippen LogP contribution in [0.15, 0.2) is 32.9 Å². The smallest absolute Gasteiger partial charge is 0.211 e. The Bertz CT molecular complexity index is 488. The van der Waals surface area contributed by atoms with Crippen molar-refractivity contribution in [1.29, 1.82) is 0 Å². The Labute approximate surface area is 121 Å². The molecule has 1 saturated heterocycles. The number of nitrogens with zero attached hydrogens (tertiary/aromatic N) is 3. The van der Waals surface area contributed by atoms with Gasteiger partial charge < -0.3 is 16.4 Å². The van der Waals surface area contributed by atoms with E-state index in [1.54, 1.807) is 6.21 Å². The molecule has 1 aliphatic rings. The maximum absolute atomic E-state index is 5.26. The van der Waals surface area contributed by atoms with Crippen LogP contribution in [0.25, 0.3) is 0 Å². The predicted molar refractivity (Wildman–Crippen MR) is 83.6 cm³/mol. The molecule has 1 aromatic rings. The summed E-state index contributed by atoms with van der Waals surface area (Å²) in [5.41, 5.74) is 12.7. The first-order valence-corrected chi connectivity index (χ1v) is 7.12. The summed E-state index contributed by atoms with van der Waals surface area (Å²) in [6.07, 6.45) is 5.47. The van der Waals surface area contributed by atoms with Crippen LogP contribution in [0.3, 0.4) is 0 Å². The van der Waals surface area contributed by atoms with Crippen LogP contribution in [0.5, 0.6) is 0 Å². The quantitative estimate of drug-likeness (QED) is 0.507. The van der Waals surface area contributed by atoms with Gasteiger partial charge in [-0.2, -0.15) is 5.10 Å². The molecule has 0 radical (unpaired) electrons. The molecule has 0 bridgehead atoms. The molecule has 5 nitrogen and oxygen atoms in total. The van der Waals surface area contributed by atoms with Gasteiger partial charge in [0.05, 0.1) is 6.21 Å². The summed E-state index contributed by atoms with van der Waals surface area (Å²) in [6, 6.07) is 6.17. The zero-order valence-corrected chi connectivity index (χ0v) is 12.3. The lowest BCUT2D eigenvalue weighted by Gasteiger charge is -2.30. The van der Waals surface area contributed by atoms with Gasteiger partial charge in [0, 0.05) is 28.8 Å². The lowest BCUT2D eigenvalue weighted by Crippen LogP contribution is -2.30. The van der Waals surface area contributed by atoms with Gasteiger partial charge in [-0.3, -0.25) is 0 Å². The molecule has 0 aliphatic carbocycles. The Kier molecular flexibility index (Phi) is 4.79. The molecule has 0 amide bonds. The van der Waals surface area contributed by atoms with E-state index in [0.29, 0.717) is 0 Å². The minimum Gasteiger partial charge on any atom is -0.371 e. The van der Waals surface area contributed by atoms with Gasteiger partial charge in [-0.15, -0.1) is 5.10 Å². The van der Waals surface area contributed by atoms with Crippen LogP contribution in [-0.2, 0) is 0 Å². The van der Waals surface area contributed by atoms with Crippen LogP contribution < -0.4 is 16.4 Å². The second kappa shape index (κ2) is 6.56. The second-order valence-corrected chi connectivity index (χ2v) is 5.44. The van der Waals surface area contributed by atoms with Crippen LogP contribution in [0.1, 0.15) is 24.8 Å². The zero-order chi connectivity index (χ0) is 13.7. The van der Waals surface area contributed by atoms with Crippen LogP contribution >= 0.6 is 15.9 Å². The van der Waals surface area contributed by atoms with Gasteiger partial charge in [0.15, 0.2) is 0 Å². The predicted octanol–water partition coefficient (Wildman–Crippen LogP) is 2.05. The van der Waals surface area contributed by atoms with Crippen molar-refractivity contribution < 1.29 is 0 Å². The number of hydrogen-bond donors (Lipinski definition) is 2. The van der Waals surface area contributed by atoms with E-state index in [1.807, 2.05) is 12.1 Å². The molecule has 1 aromatic carbocycles. The zero-order valence-electron chi connectivity index (χ0n) is 10.7. The normalized spacial score (nSPS) is 15.7. The summed E-state index contributed by atoms with van der Waals surface area (Å²) in [5, 5.41) is 7.55. The van der Waals surface area contributed by atoms with Crippen molar-refractivity contribution in [3.8, 4) is 0 Å². The summed E-state index contributed by atoms with van der Waals surface area (Å²) >= 11 is 3.48. The molecule has 0 atom stereocenters. The van der Waals surface area contributed by atoms with Crippen LogP contribution in [0.2, 0.25) is 0 Å². The first kappa shape index (κ1) is 13.9. The van der Waals surface area contributed by atoms with Gasteiger partial charge >= 0.3 is 0 Å². The highest BCUT2D eigenvalue weighted by Gasteiger charge is 2.13. The van der Waals surface area contributed by atoms with Crippen molar-refractivity contribution in [2.24, 2.45) is 21.7 Å². The molecule has 1 aliphatic heterocycles. The van der Waals surface area contributed by atoms with E-state index in [9.17, 15) is 0 Å². The van der Waals surface area contributed by atoms with Crippen LogP contribution in [0.4, 0.5) is 5.69 Å². The number of rotatable bonds is 3. The molecular formula is C13H18BrN5. The molecule has 19 heavy (non-hydrogen) atoms. The van der Waals surface area contributed by atoms with Crippen molar-refractivity contribution in [2.75, 3.05) is 18.0 Å². The topological polar surface area (TPSA) is 80.0 Å². The highest BCUT2D eigenvalue weighted by Crippen LogP contribution is 2.26. The van der Waals surface area contributed by atoms with E-state index in [2.05, 4.69) is 37.1 Å². The highest BCUT2D eigenvalue weighted by atomic mass is 79.9. The number of benzene rings is 1. The summed E-state index contributed by atoms with van der Waals surface area (Å²) in [5.74, 6) is -0.0363. The van der Waals surface area contributed by atoms with Crippen molar-refractivity contribution in [3.05, 3.63) is 28.2 Å². The summed E-state index contributed by atoms with van der Waals surface area (Å²) in [4.78, 5) is 2.38. The maximum Gasteiger partial charge on any atom is 0.211 e. The number of anilines is 1. The molecule has 4 N–H and O–H groups in total. The summed E-state index contributed by atoms with van der Waals surface area (Å²) in [6.45, 7) is 2.18. The van der Waals surface area contributed by atoms with E-state index in [4.69, 9.17) is 11.5 Å². The number of halogens is 1. The fourth-order valence-corrected chi connectivity index (χ4v) is 2.59. The fourth-order valence-electron chi connectivity index (χ4n) is 2.21. The minimum absolute atomic E-state index is 0.0363. The van der Waals surface area contributed by atoms with Gasteiger partial charge in [-0.05, 0) is 37.5 Å². The molecule has 6 heteroatoms. The Hall–Kier alpha value is -1.56. The Morgan fingerprint density at radius 2 is 1.95 bits per heavy atom. The third-order valence-electron chi connectivity index (χ3n) is 3.06. The van der Waals surface area contributed by atoms with Gasteiger partial charge in [-0.1, -0.05) is 15.9 Å². The molecule has 0 unspecified atom stereocenters. The number of hydrogen-bond acceptors (Lipinski definition) is 3. The molecule has 0 spiro atoms. The van der Waals surface area contributed by atoms with E-state index in [0.717, 1.165) is 23.1 Å². The molecule has 0 aromatic heterocycles. The SMILES string of the molecule is NC(N)=NN=Cc1cc(Br)ccc1N1CCCCC1. The number of nitrogens with two attached hydrogens (primary N) is 2. The third-order valence-corrected chi connectivity index (χ3v) is 3.55. The van der Waals surface area contributed by atoms with Crippen molar-refractivity contribution in [3.63, 3.8) is 0 Å². The first-order valence-electron chi connectivity index (χ1n) is 6.33. The number of guanidine groups is 1. The minimum atomic E-state index is -0.0363. The van der Waals surface area contributed by atoms with E-state index >= 15 is 0 Å². The standard InChI is InChI=1S/C13H18BrN5/c14-11-4-5-12(19-6-2-1-3-7-19)10(8-11)9-17-18-13(15)16/h4-5,8-9H,1-3,6-7H2,(H4,15,16,18). The van der Waals surface area contributed by atoms with E-state index < -0.39 is 0 Å². The van der Waals surface area contributed by atoms with Crippen LogP contribution in [0, 0.1) is 0 Å². The first-order chi connectivity index (χ1) is 9.16. The van der Waals surface area contributed by atoms with E-state index in [-0.39, 0.29) is 5.96 Å². The molecule has 0 saturated carbocycles. The molecule has 1 heterocycles. The average molecular weight is 324 g/mol. The third kappa shape index (κ3) is 3.96. The Balaban J connectivity index is 2.26. The molecule has 2 rings (SSSR count). The monoisotopic (exact) mass is 323 g/mol. The van der Waals surface area contributed by atoms with Crippen molar-refractivity contribution in [2.45, 2.75) is 19.3 Å².